The van der Waals surface area contributed by atoms with Gasteiger partial charge in [0, 0.05) is 21.0 Å². The number of thiazole rings is 1. The Morgan fingerprint density at radius 3 is 2.62 bits per heavy atom. The molecule has 0 aliphatic heterocycles. The third-order valence-electron chi connectivity index (χ3n) is 3.44. The van der Waals surface area contributed by atoms with Crippen LogP contribution < -0.4 is 4.74 Å². The molecular formula is C18H14ClNO3S. The van der Waals surface area contributed by atoms with Gasteiger partial charge < -0.3 is 9.84 Å². The maximum atomic E-state index is 11.2. The van der Waals surface area contributed by atoms with Crippen LogP contribution in [-0.4, -0.2) is 23.2 Å². The Kier molecular flexibility index (Phi) is 4.83. The van der Waals surface area contributed by atoms with E-state index in [9.17, 15) is 9.90 Å². The smallest absolute Gasteiger partial charge is 0.308 e. The van der Waals surface area contributed by atoms with E-state index in [-0.39, 0.29) is 6.42 Å². The van der Waals surface area contributed by atoms with Crippen LogP contribution in [0.5, 0.6) is 5.75 Å². The van der Waals surface area contributed by atoms with Crippen LogP contribution in [0.4, 0.5) is 0 Å². The minimum Gasteiger partial charge on any atom is -0.497 e. The Labute approximate surface area is 148 Å². The van der Waals surface area contributed by atoms with Crippen LogP contribution >= 0.6 is 22.9 Å². The molecule has 6 heteroatoms. The first-order valence-corrected chi connectivity index (χ1v) is 8.38. The van der Waals surface area contributed by atoms with Gasteiger partial charge in [-0.3, -0.25) is 4.79 Å². The van der Waals surface area contributed by atoms with E-state index in [4.69, 9.17) is 16.3 Å². The number of aromatic nitrogens is 1. The number of carboxylic acids is 1. The summed E-state index contributed by atoms with van der Waals surface area (Å²) in [4.78, 5) is 16.6. The van der Waals surface area contributed by atoms with E-state index in [1.807, 2.05) is 36.4 Å². The van der Waals surface area contributed by atoms with Crippen molar-refractivity contribution in [2.45, 2.75) is 6.42 Å². The van der Waals surface area contributed by atoms with Crippen LogP contribution in [0.3, 0.4) is 0 Å². The topological polar surface area (TPSA) is 59.4 Å². The molecule has 0 aliphatic carbocycles. The lowest BCUT2D eigenvalue weighted by molar-refractivity contribution is -0.136. The molecular weight excluding hydrogens is 346 g/mol. The van der Waals surface area contributed by atoms with Gasteiger partial charge in [0.1, 0.15) is 10.8 Å². The summed E-state index contributed by atoms with van der Waals surface area (Å²) in [5.41, 5.74) is 2.42. The van der Waals surface area contributed by atoms with E-state index in [0.29, 0.717) is 15.6 Å². The van der Waals surface area contributed by atoms with Gasteiger partial charge in [-0.15, -0.1) is 11.3 Å². The number of halogens is 1. The average Bonchev–Trinajstić information content (AvgIpc) is 2.99. The van der Waals surface area contributed by atoms with Crippen molar-refractivity contribution >= 4 is 28.9 Å². The van der Waals surface area contributed by atoms with Crippen LogP contribution in [0.15, 0.2) is 48.5 Å². The van der Waals surface area contributed by atoms with Crippen LogP contribution in [0.25, 0.3) is 21.8 Å². The second kappa shape index (κ2) is 7.03. The number of carboxylic acid groups (broad SMARTS) is 1. The average molecular weight is 360 g/mol. The molecule has 1 N–H and O–H groups in total. The molecule has 0 aliphatic rings. The molecule has 0 saturated carbocycles. The Hall–Kier alpha value is -2.37. The fourth-order valence-corrected chi connectivity index (χ4v) is 3.52. The van der Waals surface area contributed by atoms with E-state index in [1.165, 1.54) is 11.3 Å². The largest absolute Gasteiger partial charge is 0.497 e. The van der Waals surface area contributed by atoms with Crippen molar-refractivity contribution in [3.05, 3.63) is 58.4 Å². The summed E-state index contributed by atoms with van der Waals surface area (Å²) in [7, 11) is 1.61. The number of benzene rings is 2. The zero-order valence-electron chi connectivity index (χ0n) is 12.8. The van der Waals surface area contributed by atoms with Gasteiger partial charge in [-0.25, -0.2) is 4.98 Å². The second-order valence-corrected chi connectivity index (χ2v) is 6.62. The third-order valence-corrected chi connectivity index (χ3v) is 4.80. The van der Waals surface area contributed by atoms with E-state index in [0.717, 1.165) is 21.9 Å². The Balaban J connectivity index is 2.08. The molecule has 0 unspecified atom stereocenters. The van der Waals surface area contributed by atoms with Crippen LogP contribution in [0, 0.1) is 0 Å². The summed E-state index contributed by atoms with van der Waals surface area (Å²) in [6.07, 6.45) is -0.0698. The minimum atomic E-state index is -0.883. The molecule has 0 fully saturated rings. The molecule has 1 aromatic heterocycles. The summed E-state index contributed by atoms with van der Waals surface area (Å²) < 4.78 is 5.24. The van der Waals surface area contributed by atoms with E-state index in [1.54, 1.807) is 19.2 Å². The summed E-state index contributed by atoms with van der Waals surface area (Å²) >= 11 is 7.31. The number of methoxy groups -OCH3 is 1. The van der Waals surface area contributed by atoms with Crippen molar-refractivity contribution in [3.63, 3.8) is 0 Å². The molecule has 3 rings (SSSR count). The van der Waals surface area contributed by atoms with Crippen molar-refractivity contribution in [1.29, 1.82) is 0 Å². The molecule has 0 spiro atoms. The highest BCUT2D eigenvalue weighted by Gasteiger charge is 2.17. The predicted molar refractivity (Wildman–Crippen MR) is 95.9 cm³/mol. The van der Waals surface area contributed by atoms with Gasteiger partial charge in [0.15, 0.2) is 0 Å². The van der Waals surface area contributed by atoms with Crippen LogP contribution in [0.1, 0.15) is 4.88 Å². The van der Waals surface area contributed by atoms with Crippen molar-refractivity contribution < 1.29 is 14.6 Å². The summed E-state index contributed by atoms with van der Waals surface area (Å²) in [5.74, 6) is -0.151. The van der Waals surface area contributed by atoms with Gasteiger partial charge in [0.2, 0.25) is 0 Å². The monoisotopic (exact) mass is 359 g/mol. The maximum absolute atomic E-state index is 11.2. The van der Waals surface area contributed by atoms with Crippen molar-refractivity contribution in [2.75, 3.05) is 7.11 Å². The molecule has 122 valence electrons. The van der Waals surface area contributed by atoms with Gasteiger partial charge >= 0.3 is 5.97 Å². The normalized spacial score (nSPS) is 10.6. The number of carbonyl (C=O) groups is 1. The van der Waals surface area contributed by atoms with Gasteiger partial charge in [0.25, 0.3) is 0 Å². The highest BCUT2D eigenvalue weighted by Crippen LogP contribution is 2.35. The van der Waals surface area contributed by atoms with Gasteiger partial charge in [0.05, 0.1) is 19.2 Å². The first-order valence-electron chi connectivity index (χ1n) is 7.18. The van der Waals surface area contributed by atoms with Crippen molar-refractivity contribution in [3.8, 4) is 27.6 Å². The first-order chi connectivity index (χ1) is 11.6. The SMILES string of the molecule is COc1cccc(-c2nc(-c3ccc(Cl)cc3)c(CC(=O)O)s2)c1. The van der Waals surface area contributed by atoms with E-state index < -0.39 is 5.97 Å². The van der Waals surface area contributed by atoms with Crippen molar-refractivity contribution in [1.82, 2.24) is 4.98 Å². The molecule has 0 amide bonds. The lowest BCUT2D eigenvalue weighted by Gasteiger charge is -2.01. The third kappa shape index (κ3) is 3.58. The molecule has 0 atom stereocenters. The number of rotatable bonds is 5. The maximum Gasteiger partial charge on any atom is 0.308 e. The standard InChI is InChI=1S/C18H14ClNO3S/c1-23-14-4-2-3-12(9-14)18-20-17(15(24-18)10-16(21)22)11-5-7-13(19)8-6-11/h2-9H,10H2,1H3,(H,21,22). The summed E-state index contributed by atoms with van der Waals surface area (Å²) in [6.45, 7) is 0. The molecule has 3 aromatic rings. The highest BCUT2D eigenvalue weighted by atomic mass is 35.5. The molecule has 0 bridgehead atoms. The Bertz CT molecular complexity index is 874. The van der Waals surface area contributed by atoms with Crippen LogP contribution in [0.2, 0.25) is 5.02 Å². The lowest BCUT2D eigenvalue weighted by Crippen LogP contribution is -1.99. The number of nitrogens with zero attached hydrogens (tertiary/aromatic N) is 1. The van der Waals surface area contributed by atoms with Gasteiger partial charge in [-0.05, 0) is 24.3 Å². The van der Waals surface area contributed by atoms with E-state index in [2.05, 4.69) is 4.98 Å². The molecule has 1 heterocycles. The summed E-state index contributed by atoms with van der Waals surface area (Å²) in [6, 6.07) is 14.8. The van der Waals surface area contributed by atoms with Gasteiger partial charge in [-0.1, -0.05) is 35.9 Å². The minimum absolute atomic E-state index is 0.0698. The van der Waals surface area contributed by atoms with Gasteiger partial charge in [-0.2, -0.15) is 0 Å². The predicted octanol–water partition coefficient (Wildman–Crippen LogP) is 4.77. The fourth-order valence-electron chi connectivity index (χ4n) is 2.32. The highest BCUT2D eigenvalue weighted by molar-refractivity contribution is 7.15. The Morgan fingerprint density at radius 1 is 1.21 bits per heavy atom. The number of hydrogen-bond acceptors (Lipinski definition) is 4. The first kappa shape index (κ1) is 16.5. The molecule has 4 nitrogen and oxygen atoms in total. The fraction of sp³-hybridized carbons (Fsp3) is 0.111. The number of ether oxygens (including phenoxy) is 1. The zero-order chi connectivity index (χ0) is 17.1. The zero-order valence-corrected chi connectivity index (χ0v) is 14.4. The molecule has 2 aromatic carbocycles. The van der Waals surface area contributed by atoms with Crippen LogP contribution in [-0.2, 0) is 11.2 Å². The molecule has 0 radical (unpaired) electrons. The summed E-state index contributed by atoms with van der Waals surface area (Å²) in [5, 5.41) is 10.6. The second-order valence-electron chi connectivity index (χ2n) is 5.10. The number of hydrogen-bond donors (Lipinski definition) is 1. The van der Waals surface area contributed by atoms with Crippen molar-refractivity contribution in [2.24, 2.45) is 0 Å². The van der Waals surface area contributed by atoms with E-state index >= 15 is 0 Å². The lowest BCUT2D eigenvalue weighted by atomic mass is 10.1. The number of aliphatic carboxylic acids is 1. The quantitative estimate of drug-likeness (QED) is 0.713. The Morgan fingerprint density at radius 2 is 1.96 bits per heavy atom. The molecule has 24 heavy (non-hydrogen) atoms. The molecule has 0 saturated heterocycles.